The van der Waals surface area contributed by atoms with Crippen molar-refractivity contribution in [3.05, 3.63) is 22.7 Å². The van der Waals surface area contributed by atoms with Gasteiger partial charge >= 0.3 is 0 Å². The fraction of sp³-hybridized carbons (Fsp3) is 0.357. The first-order valence-electron chi connectivity index (χ1n) is 6.28. The third-order valence-electron chi connectivity index (χ3n) is 3.06. The summed E-state index contributed by atoms with van der Waals surface area (Å²) in [5.41, 5.74) is 1.92. The Kier molecular flexibility index (Phi) is 4.27. The zero-order valence-corrected chi connectivity index (χ0v) is 12.1. The Morgan fingerprint density at radius 1 is 1.58 bits per heavy atom. The molecule has 0 aliphatic carbocycles. The van der Waals surface area contributed by atoms with Gasteiger partial charge in [-0.1, -0.05) is 6.92 Å². The fourth-order valence-electron chi connectivity index (χ4n) is 1.75. The molecule has 1 N–H and O–H groups in total. The van der Waals surface area contributed by atoms with Gasteiger partial charge in [0.1, 0.15) is 4.83 Å². The molecule has 1 atom stereocenters. The highest BCUT2D eigenvalue weighted by Crippen LogP contribution is 2.35. The van der Waals surface area contributed by atoms with Crippen LogP contribution in [0.3, 0.4) is 0 Å². The van der Waals surface area contributed by atoms with Crippen molar-refractivity contribution in [1.82, 2.24) is 4.98 Å². The molecule has 0 radical (unpaired) electrons. The third kappa shape index (κ3) is 2.81. The number of nitrogens with zero attached hydrogens (tertiary/aromatic N) is 2. The van der Waals surface area contributed by atoms with Gasteiger partial charge in [0.25, 0.3) is 0 Å². The second kappa shape index (κ2) is 5.93. The van der Waals surface area contributed by atoms with E-state index in [1.165, 1.54) is 11.3 Å². The standard InChI is InChI=1S/C14H17N3OS/c1-4-10(3)16-8-17-13-11(7-18)19-14-12(13)9(2)5-6-15-14/h5-8,10H,4H2,1-3H3,(H,16,17). The third-order valence-corrected chi connectivity index (χ3v) is 4.09. The summed E-state index contributed by atoms with van der Waals surface area (Å²) in [4.78, 5) is 21.4. The smallest absolute Gasteiger partial charge is 0.162 e. The minimum atomic E-state index is 0.274. The first-order chi connectivity index (χ1) is 9.17. The van der Waals surface area contributed by atoms with E-state index in [1.807, 2.05) is 13.0 Å². The van der Waals surface area contributed by atoms with E-state index in [9.17, 15) is 4.79 Å². The highest BCUT2D eigenvalue weighted by atomic mass is 32.1. The highest BCUT2D eigenvalue weighted by molar-refractivity contribution is 7.20. The number of fused-ring (bicyclic) bond motifs is 1. The van der Waals surface area contributed by atoms with Crippen LogP contribution < -0.4 is 5.32 Å². The van der Waals surface area contributed by atoms with Crippen LogP contribution in [0.15, 0.2) is 17.3 Å². The first-order valence-corrected chi connectivity index (χ1v) is 7.10. The summed E-state index contributed by atoms with van der Waals surface area (Å²) in [5.74, 6) is 0. The van der Waals surface area contributed by atoms with Crippen molar-refractivity contribution >= 4 is 39.9 Å². The molecule has 0 aromatic carbocycles. The summed E-state index contributed by atoms with van der Waals surface area (Å²) in [7, 11) is 0. The number of rotatable bonds is 5. The molecule has 0 saturated carbocycles. The fourth-order valence-corrected chi connectivity index (χ4v) is 2.75. The molecule has 2 aromatic rings. The van der Waals surface area contributed by atoms with E-state index < -0.39 is 0 Å². The number of anilines is 1. The van der Waals surface area contributed by atoms with Gasteiger partial charge in [-0.15, -0.1) is 11.3 Å². The van der Waals surface area contributed by atoms with Crippen molar-refractivity contribution in [2.24, 2.45) is 4.99 Å². The molecule has 2 heterocycles. The van der Waals surface area contributed by atoms with Crippen LogP contribution in [0.1, 0.15) is 35.5 Å². The number of aromatic nitrogens is 1. The Morgan fingerprint density at radius 3 is 3.05 bits per heavy atom. The number of carbonyl (C=O) groups excluding carboxylic acids is 1. The number of thiophene rings is 1. The molecule has 0 fully saturated rings. The van der Waals surface area contributed by atoms with Gasteiger partial charge in [-0.25, -0.2) is 4.98 Å². The van der Waals surface area contributed by atoms with Gasteiger partial charge in [0.05, 0.1) is 16.9 Å². The minimum absolute atomic E-state index is 0.274. The van der Waals surface area contributed by atoms with Gasteiger partial charge in [-0.05, 0) is 31.9 Å². The molecule has 100 valence electrons. The maximum Gasteiger partial charge on any atom is 0.162 e. The molecule has 19 heavy (non-hydrogen) atoms. The molecule has 0 bridgehead atoms. The lowest BCUT2D eigenvalue weighted by Gasteiger charge is -2.04. The second-order valence-electron chi connectivity index (χ2n) is 4.45. The topological polar surface area (TPSA) is 54.4 Å². The minimum Gasteiger partial charge on any atom is -0.345 e. The van der Waals surface area contributed by atoms with Crippen LogP contribution in [0.25, 0.3) is 10.2 Å². The van der Waals surface area contributed by atoms with Crippen molar-refractivity contribution in [3.63, 3.8) is 0 Å². The van der Waals surface area contributed by atoms with Gasteiger partial charge < -0.3 is 5.32 Å². The molecule has 5 heteroatoms. The monoisotopic (exact) mass is 275 g/mol. The lowest BCUT2D eigenvalue weighted by Crippen LogP contribution is -2.02. The van der Waals surface area contributed by atoms with E-state index in [-0.39, 0.29) is 6.04 Å². The highest BCUT2D eigenvalue weighted by Gasteiger charge is 2.13. The van der Waals surface area contributed by atoms with Crippen LogP contribution in [0.4, 0.5) is 5.69 Å². The molecule has 2 aromatic heterocycles. The number of hydrogen-bond donors (Lipinski definition) is 1. The average Bonchev–Trinajstić information content (AvgIpc) is 2.78. The number of pyridine rings is 1. The molecule has 0 saturated heterocycles. The molecular weight excluding hydrogens is 258 g/mol. The Morgan fingerprint density at radius 2 is 2.37 bits per heavy atom. The number of aliphatic imine (C=N–C) groups is 1. The van der Waals surface area contributed by atoms with Crippen LogP contribution in [0, 0.1) is 6.92 Å². The molecule has 1 unspecified atom stereocenters. The Labute approximate surface area is 116 Å². The summed E-state index contributed by atoms with van der Waals surface area (Å²) in [5, 5.41) is 4.15. The van der Waals surface area contributed by atoms with E-state index in [4.69, 9.17) is 0 Å². The Hall–Kier alpha value is -1.75. The molecule has 2 rings (SSSR count). The van der Waals surface area contributed by atoms with E-state index in [2.05, 4.69) is 29.1 Å². The van der Waals surface area contributed by atoms with Gasteiger partial charge in [0.2, 0.25) is 0 Å². The summed E-state index contributed by atoms with van der Waals surface area (Å²) in [6.07, 6.45) is 5.30. The van der Waals surface area contributed by atoms with Crippen molar-refractivity contribution in [3.8, 4) is 0 Å². The van der Waals surface area contributed by atoms with E-state index >= 15 is 0 Å². The first kappa shape index (κ1) is 13.7. The van der Waals surface area contributed by atoms with E-state index in [0.717, 1.165) is 34.2 Å². The predicted molar refractivity (Wildman–Crippen MR) is 81.6 cm³/mol. The van der Waals surface area contributed by atoms with Crippen molar-refractivity contribution in [2.45, 2.75) is 33.2 Å². The molecule has 0 spiro atoms. The summed E-state index contributed by atoms with van der Waals surface area (Å²) in [6.45, 7) is 6.16. The largest absolute Gasteiger partial charge is 0.345 e. The van der Waals surface area contributed by atoms with Crippen LogP contribution in [-0.2, 0) is 0 Å². The molecule has 0 amide bonds. The van der Waals surface area contributed by atoms with Gasteiger partial charge in [-0.3, -0.25) is 9.79 Å². The maximum atomic E-state index is 11.2. The van der Waals surface area contributed by atoms with Gasteiger partial charge in [0.15, 0.2) is 6.29 Å². The number of nitrogens with one attached hydrogen (secondary N) is 1. The summed E-state index contributed by atoms with van der Waals surface area (Å²) >= 11 is 1.40. The van der Waals surface area contributed by atoms with Crippen LogP contribution in [0.2, 0.25) is 0 Å². The van der Waals surface area contributed by atoms with Crippen molar-refractivity contribution in [1.29, 1.82) is 0 Å². The lowest BCUT2D eigenvalue weighted by atomic mass is 10.2. The van der Waals surface area contributed by atoms with Crippen LogP contribution in [-0.4, -0.2) is 23.7 Å². The summed E-state index contributed by atoms with van der Waals surface area (Å²) in [6, 6.07) is 2.22. The normalized spacial score (nSPS) is 13.0. The van der Waals surface area contributed by atoms with Gasteiger partial charge in [0, 0.05) is 17.6 Å². The maximum absolute atomic E-state index is 11.2. The van der Waals surface area contributed by atoms with Crippen LogP contribution >= 0.6 is 11.3 Å². The zero-order valence-electron chi connectivity index (χ0n) is 11.3. The lowest BCUT2D eigenvalue weighted by molar-refractivity contribution is 0.112. The van der Waals surface area contributed by atoms with E-state index in [0.29, 0.717) is 4.88 Å². The van der Waals surface area contributed by atoms with Gasteiger partial charge in [-0.2, -0.15) is 0 Å². The number of aryl methyl sites for hydroxylation is 1. The molecule has 4 nitrogen and oxygen atoms in total. The van der Waals surface area contributed by atoms with Crippen molar-refractivity contribution in [2.75, 3.05) is 5.32 Å². The Bertz CT molecular complexity index is 618. The van der Waals surface area contributed by atoms with E-state index in [1.54, 1.807) is 12.5 Å². The quantitative estimate of drug-likeness (QED) is 0.515. The molecular formula is C14H17N3OS. The predicted octanol–water partition coefficient (Wildman–Crippen LogP) is 3.66. The van der Waals surface area contributed by atoms with Crippen molar-refractivity contribution < 1.29 is 4.79 Å². The number of hydrogen-bond acceptors (Lipinski definition) is 4. The van der Waals surface area contributed by atoms with Crippen LogP contribution in [0.5, 0.6) is 0 Å². The Balaban J connectivity index is 2.40. The zero-order chi connectivity index (χ0) is 13.8. The molecule has 0 aliphatic rings. The SMILES string of the molecule is CCC(C)N=CNc1c(C=O)sc2nccc(C)c12. The molecule has 0 aliphatic heterocycles. The average molecular weight is 275 g/mol. The number of carbonyl (C=O) groups is 1. The number of aldehydes is 1. The summed E-state index contributed by atoms with van der Waals surface area (Å²) < 4.78 is 0. The second-order valence-corrected chi connectivity index (χ2v) is 5.48.